The summed E-state index contributed by atoms with van der Waals surface area (Å²) in [4.78, 5) is 0. The highest BCUT2D eigenvalue weighted by atomic mass is 35.5. The van der Waals surface area contributed by atoms with Gasteiger partial charge in [0.25, 0.3) is 0 Å². The molecule has 1 aromatic heterocycles. The van der Waals surface area contributed by atoms with Crippen LogP contribution in [0.25, 0.3) is 5.69 Å². The first-order chi connectivity index (χ1) is 11.1. The molecule has 1 heterocycles. The van der Waals surface area contributed by atoms with E-state index in [1.165, 1.54) is 11.1 Å². The summed E-state index contributed by atoms with van der Waals surface area (Å²) in [5.41, 5.74) is 4.74. The molecule has 0 atom stereocenters. The van der Waals surface area contributed by atoms with Crippen LogP contribution in [-0.2, 0) is 5.75 Å². The molecule has 0 aliphatic carbocycles. The number of nitrogens with zero attached hydrogens (tertiary/aromatic N) is 3. The van der Waals surface area contributed by atoms with Gasteiger partial charge in [-0.25, -0.2) is 0 Å². The first kappa shape index (κ1) is 16.1. The molecule has 0 spiro atoms. The van der Waals surface area contributed by atoms with Gasteiger partial charge >= 0.3 is 0 Å². The van der Waals surface area contributed by atoms with E-state index in [0.29, 0.717) is 0 Å². The van der Waals surface area contributed by atoms with Crippen LogP contribution in [0.4, 0.5) is 0 Å². The first-order valence-electron chi connectivity index (χ1n) is 7.42. The van der Waals surface area contributed by atoms with Gasteiger partial charge in [-0.3, -0.25) is 4.57 Å². The predicted octanol–water partition coefficient (Wildman–Crippen LogP) is 5.14. The van der Waals surface area contributed by atoms with Crippen molar-refractivity contribution in [1.29, 1.82) is 0 Å². The molecule has 5 heteroatoms. The van der Waals surface area contributed by atoms with Crippen molar-refractivity contribution in [3.8, 4) is 5.69 Å². The molecule has 23 heavy (non-hydrogen) atoms. The Hall–Kier alpha value is -1.78. The average Bonchev–Trinajstić information content (AvgIpc) is 2.90. The highest BCUT2D eigenvalue weighted by Crippen LogP contribution is 2.28. The largest absolute Gasteiger partial charge is 0.274 e. The minimum absolute atomic E-state index is 0.767. The highest BCUT2D eigenvalue weighted by Gasteiger charge is 2.13. The van der Waals surface area contributed by atoms with Crippen LogP contribution in [0.2, 0.25) is 5.02 Å². The van der Waals surface area contributed by atoms with Crippen molar-refractivity contribution in [3.63, 3.8) is 0 Å². The fourth-order valence-corrected chi connectivity index (χ4v) is 3.64. The molecule has 0 bridgehead atoms. The molecule has 3 rings (SSSR count). The number of benzene rings is 2. The fourth-order valence-electron chi connectivity index (χ4n) is 2.36. The van der Waals surface area contributed by atoms with Crippen molar-refractivity contribution >= 4 is 23.4 Å². The van der Waals surface area contributed by atoms with E-state index in [1.807, 2.05) is 31.2 Å². The molecule has 3 aromatic rings. The van der Waals surface area contributed by atoms with Gasteiger partial charge in [0.05, 0.1) is 0 Å². The Morgan fingerprint density at radius 2 is 1.78 bits per heavy atom. The van der Waals surface area contributed by atoms with Gasteiger partial charge in [-0.05, 0) is 55.7 Å². The molecule has 0 radical (unpaired) electrons. The Bertz CT molecular complexity index is 842. The van der Waals surface area contributed by atoms with E-state index < -0.39 is 0 Å². The number of hydrogen-bond donors (Lipinski definition) is 0. The van der Waals surface area contributed by atoms with Gasteiger partial charge in [0.1, 0.15) is 5.82 Å². The molecule has 0 saturated heterocycles. The number of hydrogen-bond acceptors (Lipinski definition) is 3. The Morgan fingerprint density at radius 1 is 1.00 bits per heavy atom. The van der Waals surface area contributed by atoms with Crippen LogP contribution in [0, 0.1) is 20.8 Å². The third-order valence-corrected chi connectivity index (χ3v) is 5.20. The summed E-state index contributed by atoms with van der Waals surface area (Å²) in [6.45, 7) is 6.21. The van der Waals surface area contributed by atoms with Crippen molar-refractivity contribution in [3.05, 3.63) is 70.0 Å². The van der Waals surface area contributed by atoms with Gasteiger partial charge in [0.2, 0.25) is 0 Å². The lowest BCUT2D eigenvalue weighted by atomic mass is 10.1. The monoisotopic (exact) mass is 343 g/mol. The van der Waals surface area contributed by atoms with E-state index in [9.17, 15) is 0 Å². The van der Waals surface area contributed by atoms with Gasteiger partial charge in [-0.1, -0.05) is 47.6 Å². The standard InChI is InChI=1S/C18H18ClN3S/c1-12-8-9-16(10-13(12)2)22-14(3)20-21-18(22)23-11-15-6-4-5-7-17(15)19/h4-10H,11H2,1-3H3. The Labute approximate surface area is 145 Å². The van der Waals surface area contributed by atoms with Crippen LogP contribution in [0.3, 0.4) is 0 Å². The summed E-state index contributed by atoms with van der Waals surface area (Å²) >= 11 is 7.88. The zero-order valence-electron chi connectivity index (χ0n) is 13.4. The number of aryl methyl sites for hydroxylation is 3. The van der Waals surface area contributed by atoms with Gasteiger partial charge < -0.3 is 0 Å². The summed E-state index contributed by atoms with van der Waals surface area (Å²) in [6.07, 6.45) is 0. The zero-order chi connectivity index (χ0) is 16.4. The summed E-state index contributed by atoms with van der Waals surface area (Å²) in [6, 6.07) is 14.3. The second kappa shape index (κ2) is 6.77. The van der Waals surface area contributed by atoms with Crippen molar-refractivity contribution in [2.45, 2.75) is 31.7 Å². The molecule has 118 valence electrons. The molecule has 0 unspecified atom stereocenters. The van der Waals surface area contributed by atoms with Gasteiger partial charge in [0, 0.05) is 16.5 Å². The minimum Gasteiger partial charge on any atom is -0.274 e. The third kappa shape index (κ3) is 3.43. The van der Waals surface area contributed by atoms with E-state index in [1.54, 1.807) is 11.8 Å². The molecule has 3 nitrogen and oxygen atoms in total. The minimum atomic E-state index is 0.767. The topological polar surface area (TPSA) is 30.7 Å². The Morgan fingerprint density at radius 3 is 2.52 bits per heavy atom. The Balaban J connectivity index is 1.90. The summed E-state index contributed by atoms with van der Waals surface area (Å²) in [7, 11) is 0. The first-order valence-corrected chi connectivity index (χ1v) is 8.78. The van der Waals surface area contributed by atoms with E-state index >= 15 is 0 Å². The lowest BCUT2D eigenvalue weighted by Crippen LogP contribution is -2.00. The quantitative estimate of drug-likeness (QED) is 0.614. The van der Waals surface area contributed by atoms with Crippen LogP contribution >= 0.6 is 23.4 Å². The zero-order valence-corrected chi connectivity index (χ0v) is 14.9. The molecule has 0 aliphatic rings. The lowest BCUT2D eigenvalue weighted by molar-refractivity contribution is 0.866. The second-order valence-electron chi connectivity index (χ2n) is 5.51. The molecule has 0 fully saturated rings. The van der Waals surface area contributed by atoms with Crippen molar-refractivity contribution in [2.24, 2.45) is 0 Å². The maximum absolute atomic E-state index is 6.23. The summed E-state index contributed by atoms with van der Waals surface area (Å²) in [5.74, 6) is 1.65. The fraction of sp³-hybridized carbons (Fsp3) is 0.222. The van der Waals surface area contributed by atoms with E-state index in [0.717, 1.165) is 33.0 Å². The number of rotatable bonds is 4. The SMILES string of the molecule is Cc1ccc(-n2c(C)nnc2SCc2ccccc2Cl)cc1C. The molecular weight excluding hydrogens is 326 g/mol. The molecule has 0 amide bonds. The molecule has 0 N–H and O–H groups in total. The van der Waals surface area contributed by atoms with Crippen molar-refractivity contribution in [2.75, 3.05) is 0 Å². The van der Waals surface area contributed by atoms with E-state index in [2.05, 4.69) is 46.8 Å². The van der Waals surface area contributed by atoms with Crippen LogP contribution < -0.4 is 0 Å². The molecular formula is C18H18ClN3S. The number of aromatic nitrogens is 3. The van der Waals surface area contributed by atoms with Crippen molar-refractivity contribution in [1.82, 2.24) is 14.8 Å². The maximum atomic E-state index is 6.23. The van der Waals surface area contributed by atoms with Crippen LogP contribution in [0.15, 0.2) is 47.6 Å². The van der Waals surface area contributed by atoms with Crippen molar-refractivity contribution < 1.29 is 0 Å². The van der Waals surface area contributed by atoms with E-state index in [4.69, 9.17) is 11.6 Å². The second-order valence-corrected chi connectivity index (χ2v) is 6.86. The van der Waals surface area contributed by atoms with Gasteiger partial charge in [-0.15, -0.1) is 10.2 Å². The summed E-state index contributed by atoms with van der Waals surface area (Å²) in [5, 5.41) is 10.2. The third-order valence-electron chi connectivity index (χ3n) is 3.86. The number of halogens is 1. The molecule has 0 saturated carbocycles. The van der Waals surface area contributed by atoms with Gasteiger partial charge in [0.15, 0.2) is 5.16 Å². The average molecular weight is 344 g/mol. The molecule has 2 aromatic carbocycles. The van der Waals surface area contributed by atoms with E-state index in [-0.39, 0.29) is 0 Å². The number of thioether (sulfide) groups is 1. The normalized spacial score (nSPS) is 11.0. The van der Waals surface area contributed by atoms with Crippen LogP contribution in [0.5, 0.6) is 0 Å². The highest BCUT2D eigenvalue weighted by molar-refractivity contribution is 7.98. The van der Waals surface area contributed by atoms with Crippen LogP contribution in [-0.4, -0.2) is 14.8 Å². The van der Waals surface area contributed by atoms with Gasteiger partial charge in [-0.2, -0.15) is 0 Å². The van der Waals surface area contributed by atoms with Crippen LogP contribution in [0.1, 0.15) is 22.5 Å². The smallest absolute Gasteiger partial charge is 0.196 e. The lowest BCUT2D eigenvalue weighted by Gasteiger charge is -2.11. The summed E-state index contributed by atoms with van der Waals surface area (Å²) < 4.78 is 2.09. The predicted molar refractivity (Wildman–Crippen MR) is 96.6 cm³/mol. The molecule has 0 aliphatic heterocycles. The Kier molecular flexibility index (Phi) is 4.74. The maximum Gasteiger partial charge on any atom is 0.196 e.